The number of rotatable bonds is 3. The molecular formula is C18H25N3O3. The second-order valence-electron chi connectivity index (χ2n) is 7.05. The number of nitrogens with two attached hydrogens (primary N) is 1. The third kappa shape index (κ3) is 4.79. The molecule has 24 heavy (non-hydrogen) atoms. The van der Waals surface area contributed by atoms with Crippen LogP contribution in [-0.2, 0) is 4.74 Å². The molecular weight excluding hydrogens is 306 g/mol. The zero-order chi connectivity index (χ0) is 17.7. The molecule has 1 amide bonds. The van der Waals surface area contributed by atoms with Crippen molar-refractivity contribution in [1.29, 1.82) is 0 Å². The molecule has 2 N–H and O–H groups in total. The molecule has 6 nitrogen and oxygen atoms in total. The Bertz CT molecular complexity index is 631. The van der Waals surface area contributed by atoms with Gasteiger partial charge < -0.3 is 20.1 Å². The minimum Gasteiger partial charge on any atom is -0.504 e. The molecule has 2 rings (SSSR count). The lowest BCUT2D eigenvalue weighted by molar-refractivity contribution is 0.0139. The summed E-state index contributed by atoms with van der Waals surface area (Å²) >= 11 is 0. The fourth-order valence-electron chi connectivity index (χ4n) is 2.68. The Morgan fingerprint density at radius 3 is 2.88 bits per heavy atom. The molecule has 1 aromatic carbocycles. The monoisotopic (exact) mass is 331 g/mol. The molecule has 1 aliphatic heterocycles. The number of nitrogens with zero attached hydrogens (tertiary/aromatic N) is 2. The maximum atomic E-state index is 12.2. The van der Waals surface area contributed by atoms with Crippen molar-refractivity contribution in [2.24, 2.45) is 5.92 Å². The molecule has 130 valence electrons. The zero-order valence-corrected chi connectivity index (χ0v) is 14.5. The molecule has 6 heteroatoms. The number of likely N-dealkylation sites (tertiary alicyclic amines) is 1. The number of carbonyl (C=O) groups is 1. The number of hydrogen-bond donors (Lipinski definition) is 1. The van der Waals surface area contributed by atoms with Crippen LogP contribution in [0.5, 0.6) is 5.75 Å². The summed E-state index contributed by atoms with van der Waals surface area (Å²) in [7, 11) is 0. The lowest BCUT2D eigenvalue weighted by Gasteiger charge is -2.34. The van der Waals surface area contributed by atoms with Crippen LogP contribution >= 0.6 is 0 Å². The first kappa shape index (κ1) is 17.9. The van der Waals surface area contributed by atoms with E-state index in [0.29, 0.717) is 36.8 Å². The van der Waals surface area contributed by atoms with E-state index in [2.05, 4.69) is 4.85 Å². The van der Waals surface area contributed by atoms with Crippen LogP contribution in [0, 0.1) is 12.5 Å². The summed E-state index contributed by atoms with van der Waals surface area (Å²) in [5.41, 5.74) is 6.07. The first-order chi connectivity index (χ1) is 11.3. The topological polar surface area (TPSA) is 69.2 Å². The fourth-order valence-corrected chi connectivity index (χ4v) is 2.68. The van der Waals surface area contributed by atoms with Gasteiger partial charge in [0, 0.05) is 24.7 Å². The van der Waals surface area contributed by atoms with E-state index in [-0.39, 0.29) is 12.0 Å². The minimum absolute atomic E-state index is 0.214. The van der Waals surface area contributed by atoms with Crippen molar-refractivity contribution in [2.75, 3.05) is 25.4 Å². The summed E-state index contributed by atoms with van der Waals surface area (Å²) in [6.45, 7) is 14.6. The second-order valence-corrected chi connectivity index (χ2v) is 7.05. The van der Waals surface area contributed by atoms with Crippen molar-refractivity contribution in [3.05, 3.63) is 29.6 Å². The normalized spacial score (nSPS) is 17.9. The minimum atomic E-state index is -0.493. The Morgan fingerprint density at radius 2 is 2.21 bits per heavy atom. The third-order valence-corrected chi connectivity index (χ3v) is 3.79. The van der Waals surface area contributed by atoms with Crippen molar-refractivity contribution in [3.8, 4) is 5.75 Å². The van der Waals surface area contributed by atoms with E-state index in [1.165, 1.54) is 0 Å². The highest BCUT2D eigenvalue weighted by atomic mass is 16.6. The van der Waals surface area contributed by atoms with E-state index in [4.69, 9.17) is 21.8 Å². The molecule has 0 bridgehead atoms. The number of amides is 1. The van der Waals surface area contributed by atoms with Crippen LogP contribution in [0.1, 0.15) is 33.6 Å². The van der Waals surface area contributed by atoms with Gasteiger partial charge in [0.05, 0.1) is 13.2 Å². The van der Waals surface area contributed by atoms with E-state index in [1.54, 1.807) is 23.1 Å². The van der Waals surface area contributed by atoms with Gasteiger partial charge in [-0.15, -0.1) is 0 Å². The van der Waals surface area contributed by atoms with E-state index in [9.17, 15) is 4.79 Å². The van der Waals surface area contributed by atoms with Crippen molar-refractivity contribution < 1.29 is 14.3 Å². The molecule has 1 aromatic rings. The number of carbonyl (C=O) groups excluding carboxylic acids is 1. The lowest BCUT2D eigenvalue weighted by Crippen LogP contribution is -2.44. The van der Waals surface area contributed by atoms with Crippen molar-refractivity contribution in [2.45, 2.75) is 39.2 Å². The number of ether oxygens (including phenoxy) is 2. The quantitative estimate of drug-likeness (QED) is 0.675. The van der Waals surface area contributed by atoms with Gasteiger partial charge in [0.15, 0.2) is 0 Å². The highest BCUT2D eigenvalue weighted by Crippen LogP contribution is 2.34. The van der Waals surface area contributed by atoms with Crippen LogP contribution in [0.3, 0.4) is 0 Å². The Kier molecular flexibility index (Phi) is 5.55. The largest absolute Gasteiger partial charge is 0.504 e. The van der Waals surface area contributed by atoms with Crippen LogP contribution in [0.15, 0.2) is 18.2 Å². The van der Waals surface area contributed by atoms with Crippen LogP contribution in [-0.4, -0.2) is 36.3 Å². The average molecular weight is 331 g/mol. The first-order valence-electron chi connectivity index (χ1n) is 8.17. The van der Waals surface area contributed by atoms with Gasteiger partial charge in [-0.1, -0.05) is 6.07 Å². The average Bonchev–Trinajstić information content (AvgIpc) is 2.51. The van der Waals surface area contributed by atoms with Gasteiger partial charge >= 0.3 is 6.09 Å². The van der Waals surface area contributed by atoms with Gasteiger partial charge in [0.2, 0.25) is 5.69 Å². The van der Waals surface area contributed by atoms with Crippen molar-refractivity contribution in [3.63, 3.8) is 0 Å². The van der Waals surface area contributed by atoms with Gasteiger partial charge in [0.25, 0.3) is 0 Å². The maximum Gasteiger partial charge on any atom is 0.410 e. The Hall–Kier alpha value is -2.42. The summed E-state index contributed by atoms with van der Waals surface area (Å²) in [6.07, 6.45) is 1.62. The number of nitrogen functional groups attached to an aromatic ring is 1. The number of hydrogen-bond acceptors (Lipinski definition) is 4. The van der Waals surface area contributed by atoms with Gasteiger partial charge in [-0.05, 0) is 45.7 Å². The molecule has 1 saturated heterocycles. The summed E-state index contributed by atoms with van der Waals surface area (Å²) < 4.78 is 11.2. The van der Waals surface area contributed by atoms with E-state index in [1.807, 2.05) is 20.8 Å². The predicted molar refractivity (Wildman–Crippen MR) is 93.1 cm³/mol. The molecule has 0 spiro atoms. The highest BCUT2D eigenvalue weighted by Gasteiger charge is 2.28. The molecule has 0 aromatic heterocycles. The molecule has 0 saturated carbocycles. The first-order valence-corrected chi connectivity index (χ1v) is 8.17. The number of para-hydroxylation sites is 1. The van der Waals surface area contributed by atoms with E-state index in [0.717, 1.165) is 12.8 Å². The van der Waals surface area contributed by atoms with Gasteiger partial charge in [0.1, 0.15) is 11.4 Å². The predicted octanol–water partition coefficient (Wildman–Crippen LogP) is 3.85. The zero-order valence-electron chi connectivity index (χ0n) is 14.5. The SMILES string of the molecule is [C-]#[N+]c1c(N)cccc1OC[C@H]1CCCN(C(=O)OC(C)(C)C)C1. The van der Waals surface area contributed by atoms with Gasteiger partial charge in [-0.3, -0.25) is 0 Å². The number of piperidine rings is 1. The Labute approximate surface area is 143 Å². The Balaban J connectivity index is 1.93. The van der Waals surface area contributed by atoms with E-state index < -0.39 is 5.60 Å². The fraction of sp³-hybridized carbons (Fsp3) is 0.556. The molecule has 1 atom stereocenters. The number of anilines is 1. The van der Waals surface area contributed by atoms with Crippen LogP contribution in [0.4, 0.5) is 16.2 Å². The lowest BCUT2D eigenvalue weighted by atomic mass is 9.99. The van der Waals surface area contributed by atoms with Crippen LogP contribution in [0.2, 0.25) is 0 Å². The van der Waals surface area contributed by atoms with Crippen molar-refractivity contribution >= 4 is 17.5 Å². The summed E-state index contributed by atoms with van der Waals surface area (Å²) in [4.78, 5) is 17.4. The molecule has 0 aliphatic carbocycles. The third-order valence-electron chi connectivity index (χ3n) is 3.79. The summed E-state index contributed by atoms with van der Waals surface area (Å²) in [5.74, 6) is 0.714. The van der Waals surface area contributed by atoms with Gasteiger partial charge in [-0.25, -0.2) is 9.64 Å². The van der Waals surface area contributed by atoms with Crippen LogP contribution in [0.25, 0.3) is 4.85 Å². The molecule has 1 heterocycles. The molecule has 1 fully saturated rings. The van der Waals surface area contributed by atoms with E-state index >= 15 is 0 Å². The Morgan fingerprint density at radius 1 is 1.46 bits per heavy atom. The highest BCUT2D eigenvalue weighted by molar-refractivity contribution is 5.74. The maximum absolute atomic E-state index is 12.2. The molecule has 0 unspecified atom stereocenters. The smallest absolute Gasteiger partial charge is 0.410 e. The molecule has 0 radical (unpaired) electrons. The summed E-state index contributed by atoms with van der Waals surface area (Å²) in [6, 6.07) is 5.20. The number of benzene rings is 1. The second kappa shape index (κ2) is 7.43. The standard InChI is InChI=1S/C18H25N3O3/c1-18(2,3)24-17(22)21-10-6-7-13(11-21)12-23-15-9-5-8-14(19)16(15)20-4/h5,8-9,13H,6-7,10-12,19H2,1-3H3/t13-/m0/s1. The molecule has 1 aliphatic rings. The van der Waals surface area contributed by atoms with Gasteiger partial charge in [-0.2, -0.15) is 0 Å². The van der Waals surface area contributed by atoms with Crippen LogP contribution < -0.4 is 10.5 Å². The van der Waals surface area contributed by atoms with Crippen molar-refractivity contribution in [1.82, 2.24) is 4.90 Å². The summed E-state index contributed by atoms with van der Waals surface area (Å²) in [5, 5.41) is 0.